The van der Waals surface area contributed by atoms with Crippen LogP contribution in [-0.4, -0.2) is 18.5 Å². The molecular formula is C17H15BrFNO3. The molecule has 2 aromatic rings. The molecule has 0 saturated carbocycles. The average molecular weight is 380 g/mol. The van der Waals surface area contributed by atoms with E-state index in [1.165, 1.54) is 12.1 Å². The van der Waals surface area contributed by atoms with Crippen molar-refractivity contribution in [3.8, 4) is 0 Å². The van der Waals surface area contributed by atoms with Gasteiger partial charge in [0.1, 0.15) is 5.82 Å². The van der Waals surface area contributed by atoms with Gasteiger partial charge < -0.3 is 10.1 Å². The molecule has 0 aliphatic rings. The highest BCUT2D eigenvalue weighted by atomic mass is 79.9. The number of esters is 1. The topological polar surface area (TPSA) is 55.4 Å². The smallest absolute Gasteiger partial charge is 0.341 e. The fourth-order valence-electron chi connectivity index (χ4n) is 1.94. The van der Waals surface area contributed by atoms with Crippen molar-refractivity contribution in [2.24, 2.45) is 0 Å². The van der Waals surface area contributed by atoms with Gasteiger partial charge in [0.05, 0.1) is 5.56 Å². The average Bonchev–Trinajstić information content (AvgIpc) is 2.49. The third-order valence-electron chi connectivity index (χ3n) is 3.36. The SMILES string of the molecule is Cc1cccc(NC(=O)COC(=O)c2ccc(Br)cc2F)c1C. The van der Waals surface area contributed by atoms with Crippen LogP contribution in [0.4, 0.5) is 10.1 Å². The number of halogens is 2. The van der Waals surface area contributed by atoms with Gasteiger partial charge in [-0.05, 0) is 49.2 Å². The van der Waals surface area contributed by atoms with Gasteiger partial charge in [-0.3, -0.25) is 4.79 Å². The summed E-state index contributed by atoms with van der Waals surface area (Å²) in [6.45, 7) is 3.33. The van der Waals surface area contributed by atoms with E-state index in [0.29, 0.717) is 10.2 Å². The summed E-state index contributed by atoms with van der Waals surface area (Å²) in [4.78, 5) is 23.7. The van der Waals surface area contributed by atoms with Gasteiger partial charge in [-0.2, -0.15) is 0 Å². The highest BCUT2D eigenvalue weighted by molar-refractivity contribution is 9.10. The van der Waals surface area contributed by atoms with E-state index in [9.17, 15) is 14.0 Å². The number of hydrogen-bond donors (Lipinski definition) is 1. The molecule has 0 unspecified atom stereocenters. The number of anilines is 1. The number of aryl methyl sites for hydroxylation is 1. The van der Waals surface area contributed by atoms with Gasteiger partial charge >= 0.3 is 5.97 Å². The Morgan fingerprint density at radius 3 is 2.65 bits per heavy atom. The molecule has 1 amide bonds. The van der Waals surface area contributed by atoms with E-state index in [1.807, 2.05) is 26.0 Å². The zero-order valence-corrected chi connectivity index (χ0v) is 14.2. The number of rotatable bonds is 4. The predicted octanol–water partition coefficient (Wildman–Crippen LogP) is 4.00. The van der Waals surface area contributed by atoms with Gasteiger partial charge in [0.25, 0.3) is 5.91 Å². The van der Waals surface area contributed by atoms with Crippen LogP contribution in [-0.2, 0) is 9.53 Å². The lowest BCUT2D eigenvalue weighted by Crippen LogP contribution is -2.21. The summed E-state index contributed by atoms with van der Waals surface area (Å²) in [5.41, 5.74) is 2.41. The first-order valence-electron chi connectivity index (χ1n) is 6.86. The number of amides is 1. The maximum Gasteiger partial charge on any atom is 0.341 e. The summed E-state index contributed by atoms with van der Waals surface area (Å²) in [5, 5.41) is 2.66. The minimum absolute atomic E-state index is 0.215. The first-order chi connectivity index (χ1) is 10.9. The largest absolute Gasteiger partial charge is 0.452 e. The van der Waals surface area contributed by atoms with Crippen LogP contribution in [0, 0.1) is 19.7 Å². The molecule has 0 fully saturated rings. The fourth-order valence-corrected chi connectivity index (χ4v) is 2.27. The minimum atomic E-state index is -0.883. The molecule has 0 saturated heterocycles. The minimum Gasteiger partial charge on any atom is -0.452 e. The number of nitrogens with one attached hydrogen (secondary N) is 1. The lowest BCUT2D eigenvalue weighted by Gasteiger charge is -2.10. The van der Waals surface area contributed by atoms with Crippen LogP contribution in [0.1, 0.15) is 21.5 Å². The van der Waals surface area contributed by atoms with Gasteiger partial charge in [0.2, 0.25) is 0 Å². The monoisotopic (exact) mass is 379 g/mol. The van der Waals surface area contributed by atoms with Crippen LogP contribution in [0.15, 0.2) is 40.9 Å². The second-order valence-electron chi connectivity index (χ2n) is 5.00. The van der Waals surface area contributed by atoms with E-state index in [1.54, 1.807) is 6.07 Å². The zero-order chi connectivity index (χ0) is 17.0. The van der Waals surface area contributed by atoms with Crippen LogP contribution >= 0.6 is 15.9 Å². The van der Waals surface area contributed by atoms with Gasteiger partial charge in [-0.25, -0.2) is 9.18 Å². The number of hydrogen-bond acceptors (Lipinski definition) is 3. The van der Waals surface area contributed by atoms with Crippen molar-refractivity contribution < 1.29 is 18.7 Å². The molecule has 0 aliphatic heterocycles. The highest BCUT2D eigenvalue weighted by Gasteiger charge is 2.15. The zero-order valence-electron chi connectivity index (χ0n) is 12.7. The number of ether oxygens (including phenoxy) is 1. The Bertz CT molecular complexity index is 761. The Labute approximate surface area is 141 Å². The van der Waals surface area contributed by atoms with Crippen LogP contribution in [0.25, 0.3) is 0 Å². The van der Waals surface area contributed by atoms with E-state index in [4.69, 9.17) is 4.74 Å². The molecule has 0 aromatic heterocycles. The van der Waals surface area contributed by atoms with Crippen molar-refractivity contribution in [3.05, 3.63) is 63.4 Å². The first kappa shape index (κ1) is 17.1. The van der Waals surface area contributed by atoms with Crippen molar-refractivity contribution >= 4 is 33.5 Å². The standard InChI is InChI=1S/C17H15BrFNO3/c1-10-4-3-5-15(11(10)2)20-16(21)9-23-17(22)13-7-6-12(18)8-14(13)19/h3-8H,9H2,1-2H3,(H,20,21). The molecule has 0 spiro atoms. The van der Waals surface area contributed by atoms with Crippen molar-refractivity contribution in [2.45, 2.75) is 13.8 Å². The molecular weight excluding hydrogens is 365 g/mol. The van der Waals surface area contributed by atoms with E-state index in [0.717, 1.165) is 17.2 Å². The molecule has 0 atom stereocenters. The summed E-state index contributed by atoms with van der Waals surface area (Å²) in [7, 11) is 0. The summed E-state index contributed by atoms with van der Waals surface area (Å²) >= 11 is 3.10. The van der Waals surface area contributed by atoms with Gasteiger partial charge in [-0.1, -0.05) is 28.1 Å². The number of carbonyl (C=O) groups excluding carboxylic acids is 2. The Morgan fingerprint density at radius 2 is 1.96 bits per heavy atom. The summed E-state index contributed by atoms with van der Waals surface area (Å²) in [5.74, 6) is -2.07. The Hall–Kier alpha value is -2.21. The molecule has 2 rings (SSSR count). The van der Waals surface area contributed by atoms with Gasteiger partial charge in [0.15, 0.2) is 6.61 Å². The van der Waals surface area contributed by atoms with Crippen molar-refractivity contribution in [1.82, 2.24) is 0 Å². The molecule has 2 aromatic carbocycles. The Morgan fingerprint density at radius 1 is 1.22 bits per heavy atom. The van der Waals surface area contributed by atoms with Crippen molar-refractivity contribution in [2.75, 3.05) is 11.9 Å². The second-order valence-corrected chi connectivity index (χ2v) is 5.91. The molecule has 0 radical (unpaired) electrons. The van der Waals surface area contributed by atoms with E-state index < -0.39 is 24.3 Å². The molecule has 23 heavy (non-hydrogen) atoms. The first-order valence-corrected chi connectivity index (χ1v) is 7.66. The van der Waals surface area contributed by atoms with Crippen molar-refractivity contribution in [3.63, 3.8) is 0 Å². The lowest BCUT2D eigenvalue weighted by molar-refractivity contribution is -0.119. The normalized spacial score (nSPS) is 10.3. The quantitative estimate of drug-likeness (QED) is 0.816. The summed E-state index contributed by atoms with van der Waals surface area (Å²) in [6.07, 6.45) is 0. The van der Waals surface area contributed by atoms with Gasteiger partial charge in [-0.15, -0.1) is 0 Å². The Kier molecular flexibility index (Phi) is 5.50. The van der Waals surface area contributed by atoms with Crippen LogP contribution in [0.2, 0.25) is 0 Å². The van der Waals surface area contributed by atoms with Crippen LogP contribution in [0.5, 0.6) is 0 Å². The molecule has 0 aliphatic carbocycles. The molecule has 0 heterocycles. The van der Waals surface area contributed by atoms with E-state index in [-0.39, 0.29) is 5.56 Å². The lowest BCUT2D eigenvalue weighted by atomic mass is 10.1. The molecule has 4 nitrogen and oxygen atoms in total. The number of benzene rings is 2. The third-order valence-corrected chi connectivity index (χ3v) is 3.86. The van der Waals surface area contributed by atoms with Crippen molar-refractivity contribution in [1.29, 1.82) is 0 Å². The Balaban J connectivity index is 1.96. The maximum atomic E-state index is 13.6. The fraction of sp³-hybridized carbons (Fsp3) is 0.176. The number of carbonyl (C=O) groups is 2. The maximum absolute atomic E-state index is 13.6. The third kappa shape index (κ3) is 4.39. The van der Waals surface area contributed by atoms with Gasteiger partial charge in [0, 0.05) is 10.2 Å². The summed E-state index contributed by atoms with van der Waals surface area (Å²) < 4.78 is 19.0. The molecule has 6 heteroatoms. The predicted molar refractivity (Wildman–Crippen MR) is 88.9 cm³/mol. The van der Waals surface area contributed by atoms with E-state index >= 15 is 0 Å². The van der Waals surface area contributed by atoms with Crippen LogP contribution in [0.3, 0.4) is 0 Å². The summed E-state index contributed by atoms with van der Waals surface area (Å²) in [6, 6.07) is 9.49. The molecule has 0 bridgehead atoms. The highest BCUT2D eigenvalue weighted by Crippen LogP contribution is 2.18. The molecule has 1 N–H and O–H groups in total. The van der Waals surface area contributed by atoms with Crippen LogP contribution < -0.4 is 5.32 Å². The molecule has 120 valence electrons. The van der Waals surface area contributed by atoms with E-state index in [2.05, 4.69) is 21.2 Å². The second kappa shape index (κ2) is 7.37.